The summed E-state index contributed by atoms with van der Waals surface area (Å²) in [5, 5.41) is 2.41. The Hall–Kier alpha value is -2.13. The first-order valence-electron chi connectivity index (χ1n) is 6.55. The number of aromatic nitrogens is 2. The SMILES string of the molecule is CCn1ccnc1C(N)c1cccc2ccccc12. The van der Waals surface area contributed by atoms with Crippen molar-refractivity contribution in [3.05, 3.63) is 66.2 Å². The van der Waals surface area contributed by atoms with Gasteiger partial charge in [-0.1, -0.05) is 42.5 Å². The van der Waals surface area contributed by atoms with E-state index in [1.807, 2.05) is 24.5 Å². The molecule has 19 heavy (non-hydrogen) atoms. The molecular formula is C16H17N3. The highest BCUT2D eigenvalue weighted by Gasteiger charge is 2.16. The van der Waals surface area contributed by atoms with Crippen molar-refractivity contribution in [2.45, 2.75) is 19.5 Å². The molecule has 3 nitrogen and oxygen atoms in total. The number of benzene rings is 2. The summed E-state index contributed by atoms with van der Waals surface area (Å²) in [7, 11) is 0. The first kappa shape index (κ1) is 11.9. The van der Waals surface area contributed by atoms with Crippen LogP contribution in [0.2, 0.25) is 0 Å². The summed E-state index contributed by atoms with van der Waals surface area (Å²) in [6.07, 6.45) is 3.78. The van der Waals surface area contributed by atoms with Gasteiger partial charge in [-0.15, -0.1) is 0 Å². The Labute approximate surface area is 112 Å². The van der Waals surface area contributed by atoms with Crippen LogP contribution in [0.1, 0.15) is 24.4 Å². The van der Waals surface area contributed by atoms with Gasteiger partial charge in [0.05, 0.1) is 6.04 Å². The normalized spacial score (nSPS) is 12.7. The molecule has 0 aliphatic rings. The van der Waals surface area contributed by atoms with E-state index in [-0.39, 0.29) is 6.04 Å². The topological polar surface area (TPSA) is 43.8 Å². The van der Waals surface area contributed by atoms with Crippen molar-refractivity contribution >= 4 is 10.8 Å². The summed E-state index contributed by atoms with van der Waals surface area (Å²) < 4.78 is 2.09. The molecule has 3 heteroatoms. The molecule has 0 fully saturated rings. The maximum Gasteiger partial charge on any atom is 0.130 e. The van der Waals surface area contributed by atoms with E-state index in [2.05, 4.69) is 46.8 Å². The van der Waals surface area contributed by atoms with Crippen molar-refractivity contribution < 1.29 is 0 Å². The Bertz CT molecular complexity index is 695. The molecule has 2 aromatic carbocycles. The quantitative estimate of drug-likeness (QED) is 0.777. The van der Waals surface area contributed by atoms with Gasteiger partial charge in [0.1, 0.15) is 5.82 Å². The lowest BCUT2D eigenvalue weighted by atomic mass is 9.99. The Morgan fingerprint density at radius 3 is 2.79 bits per heavy atom. The highest BCUT2D eigenvalue weighted by atomic mass is 15.1. The lowest BCUT2D eigenvalue weighted by Gasteiger charge is -2.15. The zero-order valence-electron chi connectivity index (χ0n) is 11.0. The van der Waals surface area contributed by atoms with Crippen LogP contribution in [0.15, 0.2) is 54.9 Å². The van der Waals surface area contributed by atoms with Gasteiger partial charge in [-0.25, -0.2) is 4.98 Å². The predicted molar refractivity (Wildman–Crippen MR) is 77.9 cm³/mol. The van der Waals surface area contributed by atoms with Crippen LogP contribution >= 0.6 is 0 Å². The minimum atomic E-state index is -0.193. The lowest BCUT2D eigenvalue weighted by molar-refractivity contribution is 0.659. The van der Waals surface area contributed by atoms with Crippen LogP contribution in [0.25, 0.3) is 10.8 Å². The van der Waals surface area contributed by atoms with Crippen molar-refractivity contribution in [2.75, 3.05) is 0 Å². The van der Waals surface area contributed by atoms with Crippen LogP contribution in [-0.2, 0) is 6.54 Å². The summed E-state index contributed by atoms with van der Waals surface area (Å²) in [5.74, 6) is 0.916. The minimum absolute atomic E-state index is 0.193. The van der Waals surface area contributed by atoms with Gasteiger partial charge in [0.25, 0.3) is 0 Å². The molecule has 1 atom stereocenters. The van der Waals surface area contributed by atoms with Crippen LogP contribution in [-0.4, -0.2) is 9.55 Å². The van der Waals surface area contributed by atoms with Crippen molar-refractivity contribution in [2.24, 2.45) is 5.73 Å². The number of imidazole rings is 1. The van der Waals surface area contributed by atoms with Crippen molar-refractivity contribution in [3.63, 3.8) is 0 Å². The number of rotatable bonds is 3. The highest BCUT2D eigenvalue weighted by molar-refractivity contribution is 5.86. The fraction of sp³-hybridized carbons (Fsp3) is 0.188. The Balaban J connectivity index is 2.14. The standard InChI is InChI=1S/C16H17N3/c1-2-19-11-10-18-16(19)15(17)14-9-5-7-12-6-3-4-8-13(12)14/h3-11,15H,2,17H2,1H3. The maximum atomic E-state index is 6.42. The summed E-state index contributed by atoms with van der Waals surface area (Å²) >= 11 is 0. The van der Waals surface area contributed by atoms with Gasteiger partial charge in [0.2, 0.25) is 0 Å². The number of aryl methyl sites for hydroxylation is 1. The average molecular weight is 251 g/mol. The van der Waals surface area contributed by atoms with E-state index in [0.29, 0.717) is 0 Å². The smallest absolute Gasteiger partial charge is 0.130 e. The van der Waals surface area contributed by atoms with E-state index in [0.717, 1.165) is 17.9 Å². The second kappa shape index (κ2) is 4.86. The Kier molecular flexibility index (Phi) is 3.05. The summed E-state index contributed by atoms with van der Waals surface area (Å²) in [6, 6.07) is 14.4. The summed E-state index contributed by atoms with van der Waals surface area (Å²) in [4.78, 5) is 4.41. The van der Waals surface area contributed by atoms with Crippen LogP contribution in [0, 0.1) is 0 Å². The highest BCUT2D eigenvalue weighted by Crippen LogP contribution is 2.26. The summed E-state index contributed by atoms with van der Waals surface area (Å²) in [6.45, 7) is 2.98. The third kappa shape index (κ3) is 2.02. The zero-order valence-corrected chi connectivity index (χ0v) is 11.0. The molecular weight excluding hydrogens is 234 g/mol. The number of nitrogens with zero attached hydrogens (tertiary/aromatic N) is 2. The molecule has 0 saturated heterocycles. The van der Waals surface area contributed by atoms with Crippen LogP contribution in [0.4, 0.5) is 0 Å². The zero-order chi connectivity index (χ0) is 13.2. The van der Waals surface area contributed by atoms with E-state index < -0.39 is 0 Å². The molecule has 3 aromatic rings. The van der Waals surface area contributed by atoms with Crippen molar-refractivity contribution in [1.82, 2.24) is 9.55 Å². The molecule has 1 unspecified atom stereocenters. The van der Waals surface area contributed by atoms with E-state index in [9.17, 15) is 0 Å². The van der Waals surface area contributed by atoms with Gasteiger partial charge in [-0.2, -0.15) is 0 Å². The van der Waals surface area contributed by atoms with Crippen LogP contribution in [0.3, 0.4) is 0 Å². The molecule has 0 saturated carbocycles. The summed E-state index contributed by atoms with van der Waals surface area (Å²) in [5.41, 5.74) is 7.54. The molecule has 0 spiro atoms. The van der Waals surface area contributed by atoms with Crippen LogP contribution in [0.5, 0.6) is 0 Å². The van der Waals surface area contributed by atoms with E-state index in [4.69, 9.17) is 5.73 Å². The second-order valence-corrected chi connectivity index (χ2v) is 4.62. The molecule has 96 valence electrons. The fourth-order valence-corrected chi connectivity index (χ4v) is 2.53. The third-order valence-electron chi connectivity index (χ3n) is 3.52. The molecule has 2 N–H and O–H groups in total. The molecule has 0 amide bonds. The first-order chi connectivity index (χ1) is 9.31. The van der Waals surface area contributed by atoms with E-state index >= 15 is 0 Å². The second-order valence-electron chi connectivity index (χ2n) is 4.62. The lowest BCUT2D eigenvalue weighted by Crippen LogP contribution is -2.17. The maximum absolute atomic E-state index is 6.42. The molecule has 0 bridgehead atoms. The number of hydrogen-bond acceptors (Lipinski definition) is 2. The Morgan fingerprint density at radius 2 is 1.95 bits per heavy atom. The molecule has 0 aliphatic carbocycles. The molecule has 0 aliphatic heterocycles. The van der Waals surface area contributed by atoms with E-state index in [1.54, 1.807) is 0 Å². The minimum Gasteiger partial charge on any atom is -0.334 e. The monoisotopic (exact) mass is 251 g/mol. The van der Waals surface area contributed by atoms with Gasteiger partial charge in [-0.05, 0) is 23.3 Å². The van der Waals surface area contributed by atoms with Crippen molar-refractivity contribution in [3.8, 4) is 0 Å². The molecule has 3 rings (SSSR count). The molecule has 1 aromatic heterocycles. The van der Waals surface area contributed by atoms with Gasteiger partial charge in [0, 0.05) is 18.9 Å². The van der Waals surface area contributed by atoms with Gasteiger partial charge >= 0.3 is 0 Å². The first-order valence-corrected chi connectivity index (χ1v) is 6.55. The van der Waals surface area contributed by atoms with Gasteiger partial charge in [-0.3, -0.25) is 0 Å². The largest absolute Gasteiger partial charge is 0.334 e. The third-order valence-corrected chi connectivity index (χ3v) is 3.52. The number of fused-ring (bicyclic) bond motifs is 1. The molecule has 0 radical (unpaired) electrons. The number of nitrogens with two attached hydrogens (primary N) is 1. The van der Waals surface area contributed by atoms with Crippen LogP contribution < -0.4 is 5.73 Å². The Morgan fingerprint density at radius 1 is 1.16 bits per heavy atom. The van der Waals surface area contributed by atoms with Gasteiger partial charge in [0.15, 0.2) is 0 Å². The predicted octanol–water partition coefficient (Wildman–Crippen LogP) is 3.10. The van der Waals surface area contributed by atoms with Gasteiger partial charge < -0.3 is 10.3 Å². The fourth-order valence-electron chi connectivity index (χ4n) is 2.53. The van der Waals surface area contributed by atoms with E-state index in [1.165, 1.54) is 10.8 Å². The van der Waals surface area contributed by atoms with Crippen molar-refractivity contribution in [1.29, 1.82) is 0 Å². The molecule has 1 heterocycles. The number of hydrogen-bond donors (Lipinski definition) is 1. The average Bonchev–Trinajstić information content (AvgIpc) is 2.94.